The van der Waals surface area contributed by atoms with Crippen LogP contribution in [0, 0.1) is 17.2 Å². The molecule has 3 nitrogen and oxygen atoms in total. The Morgan fingerprint density at radius 1 is 1.80 bits per heavy atom. The molecular formula is C7H9N3. The number of rotatable bonds is 2. The SMILES string of the molecule is C[C@@H](C#N)Cn1cccn1. The molecule has 0 aliphatic heterocycles. The molecule has 0 saturated carbocycles. The minimum atomic E-state index is 0.0416. The Balaban J connectivity index is 2.50. The fourth-order valence-electron chi connectivity index (χ4n) is 0.730. The first kappa shape index (κ1) is 6.81. The van der Waals surface area contributed by atoms with Gasteiger partial charge in [0, 0.05) is 12.4 Å². The van der Waals surface area contributed by atoms with Crippen molar-refractivity contribution in [3.8, 4) is 6.07 Å². The summed E-state index contributed by atoms with van der Waals surface area (Å²) in [6.07, 6.45) is 3.57. The third-order valence-corrected chi connectivity index (χ3v) is 1.24. The van der Waals surface area contributed by atoms with Crippen molar-refractivity contribution >= 4 is 0 Å². The molecule has 1 aromatic heterocycles. The standard InChI is InChI=1S/C7H9N3/c1-7(5-8)6-10-4-2-3-9-10/h2-4,7H,6H2,1H3/t7-/m0/s1. The topological polar surface area (TPSA) is 41.6 Å². The van der Waals surface area contributed by atoms with E-state index in [4.69, 9.17) is 5.26 Å². The fourth-order valence-corrected chi connectivity index (χ4v) is 0.730. The van der Waals surface area contributed by atoms with Crippen molar-refractivity contribution in [3.05, 3.63) is 18.5 Å². The van der Waals surface area contributed by atoms with Crippen LogP contribution in [0.5, 0.6) is 0 Å². The molecule has 0 amide bonds. The normalized spacial score (nSPS) is 12.4. The Labute approximate surface area is 59.9 Å². The molecule has 0 fully saturated rings. The van der Waals surface area contributed by atoms with Crippen molar-refractivity contribution in [2.75, 3.05) is 0 Å². The predicted octanol–water partition coefficient (Wildman–Crippen LogP) is 1.04. The summed E-state index contributed by atoms with van der Waals surface area (Å²) < 4.78 is 1.76. The van der Waals surface area contributed by atoms with Crippen LogP contribution >= 0.6 is 0 Å². The molecule has 0 unspecified atom stereocenters. The van der Waals surface area contributed by atoms with E-state index in [0.29, 0.717) is 6.54 Å². The Kier molecular flexibility index (Phi) is 2.06. The Hall–Kier alpha value is -1.30. The van der Waals surface area contributed by atoms with Crippen molar-refractivity contribution in [1.29, 1.82) is 5.26 Å². The first-order chi connectivity index (χ1) is 4.83. The Morgan fingerprint density at radius 2 is 2.60 bits per heavy atom. The van der Waals surface area contributed by atoms with Gasteiger partial charge in [-0.05, 0) is 13.0 Å². The van der Waals surface area contributed by atoms with Crippen LogP contribution in [0.15, 0.2) is 18.5 Å². The molecule has 3 heteroatoms. The van der Waals surface area contributed by atoms with Gasteiger partial charge in [-0.15, -0.1) is 0 Å². The van der Waals surface area contributed by atoms with E-state index in [1.807, 2.05) is 19.2 Å². The van der Waals surface area contributed by atoms with Crippen molar-refractivity contribution in [2.24, 2.45) is 5.92 Å². The average molecular weight is 135 g/mol. The quantitative estimate of drug-likeness (QED) is 0.608. The summed E-state index contributed by atoms with van der Waals surface area (Å²) in [5.41, 5.74) is 0. The minimum Gasteiger partial charge on any atom is -0.271 e. The Bertz CT molecular complexity index is 219. The molecule has 10 heavy (non-hydrogen) atoms. The molecule has 0 spiro atoms. The van der Waals surface area contributed by atoms with Gasteiger partial charge in [-0.1, -0.05) is 0 Å². The van der Waals surface area contributed by atoms with Gasteiger partial charge in [0.05, 0.1) is 18.5 Å². The van der Waals surface area contributed by atoms with E-state index in [-0.39, 0.29) is 5.92 Å². The number of nitriles is 1. The van der Waals surface area contributed by atoms with Crippen molar-refractivity contribution in [2.45, 2.75) is 13.5 Å². The van der Waals surface area contributed by atoms with E-state index in [9.17, 15) is 0 Å². The second kappa shape index (κ2) is 3.02. The van der Waals surface area contributed by atoms with Crippen molar-refractivity contribution in [3.63, 3.8) is 0 Å². The van der Waals surface area contributed by atoms with Gasteiger partial charge in [-0.25, -0.2) is 0 Å². The van der Waals surface area contributed by atoms with Gasteiger partial charge in [-0.2, -0.15) is 10.4 Å². The molecule has 1 aromatic rings. The summed E-state index contributed by atoms with van der Waals surface area (Å²) >= 11 is 0. The van der Waals surface area contributed by atoms with Gasteiger partial charge in [0.25, 0.3) is 0 Å². The molecule has 1 rings (SSSR count). The van der Waals surface area contributed by atoms with Crippen LogP contribution in [0.2, 0.25) is 0 Å². The van der Waals surface area contributed by atoms with E-state index in [0.717, 1.165) is 0 Å². The fraction of sp³-hybridized carbons (Fsp3) is 0.429. The summed E-state index contributed by atoms with van der Waals surface area (Å²) in [4.78, 5) is 0. The summed E-state index contributed by atoms with van der Waals surface area (Å²) in [6, 6.07) is 3.99. The highest BCUT2D eigenvalue weighted by molar-refractivity contribution is 4.83. The van der Waals surface area contributed by atoms with Gasteiger partial charge >= 0.3 is 0 Å². The highest BCUT2D eigenvalue weighted by Crippen LogP contribution is 1.95. The van der Waals surface area contributed by atoms with Gasteiger partial charge in [0.1, 0.15) is 0 Å². The van der Waals surface area contributed by atoms with Crippen LogP contribution in [0.25, 0.3) is 0 Å². The number of aromatic nitrogens is 2. The molecule has 0 aromatic carbocycles. The third-order valence-electron chi connectivity index (χ3n) is 1.24. The second-order valence-electron chi connectivity index (χ2n) is 2.26. The summed E-state index contributed by atoms with van der Waals surface area (Å²) in [5, 5.41) is 12.4. The van der Waals surface area contributed by atoms with Gasteiger partial charge in [-0.3, -0.25) is 4.68 Å². The van der Waals surface area contributed by atoms with E-state index >= 15 is 0 Å². The monoisotopic (exact) mass is 135 g/mol. The van der Waals surface area contributed by atoms with Crippen LogP contribution < -0.4 is 0 Å². The smallest absolute Gasteiger partial charge is 0.0672 e. The molecule has 0 aliphatic rings. The van der Waals surface area contributed by atoms with Crippen LogP contribution in [-0.2, 0) is 6.54 Å². The van der Waals surface area contributed by atoms with Crippen molar-refractivity contribution in [1.82, 2.24) is 9.78 Å². The molecular weight excluding hydrogens is 126 g/mol. The van der Waals surface area contributed by atoms with E-state index in [1.54, 1.807) is 10.9 Å². The van der Waals surface area contributed by atoms with Crippen LogP contribution in [0.4, 0.5) is 0 Å². The van der Waals surface area contributed by atoms with E-state index in [1.165, 1.54) is 0 Å². The zero-order valence-corrected chi connectivity index (χ0v) is 5.86. The van der Waals surface area contributed by atoms with E-state index < -0.39 is 0 Å². The highest BCUT2D eigenvalue weighted by atomic mass is 15.3. The maximum atomic E-state index is 8.44. The first-order valence-corrected chi connectivity index (χ1v) is 3.20. The zero-order chi connectivity index (χ0) is 7.40. The lowest BCUT2D eigenvalue weighted by atomic mass is 10.2. The summed E-state index contributed by atoms with van der Waals surface area (Å²) in [5.74, 6) is 0.0416. The zero-order valence-electron chi connectivity index (χ0n) is 5.86. The van der Waals surface area contributed by atoms with Crippen molar-refractivity contribution < 1.29 is 0 Å². The predicted molar refractivity (Wildman–Crippen MR) is 37.0 cm³/mol. The van der Waals surface area contributed by atoms with Gasteiger partial charge in [0.15, 0.2) is 0 Å². The lowest BCUT2D eigenvalue weighted by molar-refractivity contribution is 0.528. The molecule has 0 N–H and O–H groups in total. The molecule has 52 valence electrons. The molecule has 1 atom stereocenters. The summed E-state index contributed by atoms with van der Waals surface area (Å²) in [6.45, 7) is 2.56. The summed E-state index contributed by atoms with van der Waals surface area (Å²) in [7, 11) is 0. The first-order valence-electron chi connectivity index (χ1n) is 3.20. The van der Waals surface area contributed by atoms with Gasteiger partial charge in [0.2, 0.25) is 0 Å². The highest BCUT2D eigenvalue weighted by Gasteiger charge is 1.98. The number of hydrogen-bond acceptors (Lipinski definition) is 2. The Morgan fingerprint density at radius 3 is 3.10 bits per heavy atom. The number of nitrogens with zero attached hydrogens (tertiary/aromatic N) is 3. The number of hydrogen-bond donors (Lipinski definition) is 0. The van der Waals surface area contributed by atoms with Crippen LogP contribution in [-0.4, -0.2) is 9.78 Å². The average Bonchev–Trinajstić information content (AvgIpc) is 2.40. The van der Waals surface area contributed by atoms with E-state index in [2.05, 4.69) is 11.2 Å². The van der Waals surface area contributed by atoms with Gasteiger partial charge < -0.3 is 0 Å². The maximum absolute atomic E-state index is 8.44. The van der Waals surface area contributed by atoms with Crippen LogP contribution in [0.3, 0.4) is 0 Å². The largest absolute Gasteiger partial charge is 0.271 e. The molecule has 1 heterocycles. The molecule has 0 bridgehead atoms. The second-order valence-corrected chi connectivity index (χ2v) is 2.26. The lowest BCUT2D eigenvalue weighted by Gasteiger charge is -2.00. The lowest BCUT2D eigenvalue weighted by Crippen LogP contribution is -2.05. The molecule has 0 aliphatic carbocycles. The molecule has 0 radical (unpaired) electrons. The van der Waals surface area contributed by atoms with Crippen LogP contribution in [0.1, 0.15) is 6.92 Å². The molecule has 0 saturated heterocycles. The maximum Gasteiger partial charge on any atom is 0.0672 e. The third kappa shape index (κ3) is 1.59. The minimum absolute atomic E-state index is 0.0416.